The van der Waals surface area contributed by atoms with Crippen LogP contribution in [0.4, 0.5) is 13.2 Å². The van der Waals surface area contributed by atoms with Gasteiger partial charge in [0.15, 0.2) is 0 Å². The second-order valence-corrected chi connectivity index (χ2v) is 8.01. The zero-order valence-corrected chi connectivity index (χ0v) is 19.1. The number of aromatic amines is 1. The number of amides is 1. The molecule has 1 aliphatic rings. The topological polar surface area (TPSA) is 99.4 Å². The van der Waals surface area contributed by atoms with Crippen LogP contribution in [0, 0.1) is 24.2 Å². The van der Waals surface area contributed by atoms with Crippen molar-refractivity contribution < 1.29 is 18.0 Å². The Labute approximate surface area is 205 Å². The van der Waals surface area contributed by atoms with Crippen LogP contribution in [0.2, 0.25) is 0 Å². The summed E-state index contributed by atoms with van der Waals surface area (Å²) in [6.45, 7) is 1.84. The van der Waals surface area contributed by atoms with Crippen LogP contribution < -0.4 is 5.32 Å². The van der Waals surface area contributed by atoms with E-state index in [0.29, 0.717) is 17.1 Å². The van der Waals surface area contributed by atoms with Gasteiger partial charge in [0.25, 0.3) is 5.91 Å². The van der Waals surface area contributed by atoms with Gasteiger partial charge in [-0.15, -0.1) is 0 Å². The number of nitrogens with zero attached hydrogens (tertiary/aromatic N) is 3. The van der Waals surface area contributed by atoms with Crippen LogP contribution in [-0.4, -0.2) is 37.8 Å². The fourth-order valence-corrected chi connectivity index (χ4v) is 3.58. The molecule has 0 fully saturated rings. The Kier molecular flexibility index (Phi) is 7.01. The largest absolute Gasteiger partial charge is 0.412 e. The lowest BCUT2D eigenvalue weighted by Gasteiger charge is -2.24. The summed E-state index contributed by atoms with van der Waals surface area (Å²) in [6, 6.07) is 4.29. The van der Waals surface area contributed by atoms with Crippen molar-refractivity contribution in [3.63, 3.8) is 0 Å². The molecule has 182 valence electrons. The molecule has 1 aromatic carbocycles. The Hall–Kier alpha value is -4.65. The summed E-state index contributed by atoms with van der Waals surface area (Å²) in [7, 11) is 0. The Balaban J connectivity index is 1.56. The number of aryl methyl sites for hydroxylation is 1. The predicted octanol–water partition coefficient (Wildman–Crippen LogP) is 4.72. The monoisotopic (exact) mass is 490 g/mol. The molecule has 0 saturated carbocycles. The third-order valence-corrected chi connectivity index (χ3v) is 5.44. The zero-order chi connectivity index (χ0) is 25.7. The van der Waals surface area contributed by atoms with Gasteiger partial charge in [-0.2, -0.15) is 13.2 Å². The Morgan fingerprint density at radius 3 is 2.89 bits per heavy atom. The van der Waals surface area contributed by atoms with Crippen LogP contribution >= 0.6 is 0 Å². The molecule has 0 saturated heterocycles. The maximum absolute atomic E-state index is 13.5. The number of nitrogens with one attached hydrogen (secondary N) is 3. The van der Waals surface area contributed by atoms with Crippen molar-refractivity contribution in [1.29, 1.82) is 5.41 Å². The fourth-order valence-electron chi connectivity index (χ4n) is 3.58. The van der Waals surface area contributed by atoms with Crippen molar-refractivity contribution >= 4 is 18.2 Å². The van der Waals surface area contributed by atoms with E-state index < -0.39 is 23.7 Å². The van der Waals surface area contributed by atoms with Crippen LogP contribution in [0.5, 0.6) is 0 Å². The number of imidazole rings is 2. The van der Waals surface area contributed by atoms with E-state index >= 15 is 0 Å². The van der Waals surface area contributed by atoms with E-state index in [1.165, 1.54) is 18.6 Å². The minimum absolute atomic E-state index is 0.0634. The zero-order valence-electron chi connectivity index (χ0n) is 19.1. The number of aromatic nitrogens is 4. The van der Waals surface area contributed by atoms with Crippen molar-refractivity contribution in [2.75, 3.05) is 0 Å². The van der Waals surface area contributed by atoms with Gasteiger partial charge in [0, 0.05) is 47.4 Å². The highest BCUT2D eigenvalue weighted by Gasteiger charge is 2.37. The van der Waals surface area contributed by atoms with Crippen molar-refractivity contribution in [2.45, 2.75) is 25.6 Å². The van der Waals surface area contributed by atoms with Gasteiger partial charge in [-0.3, -0.25) is 4.79 Å². The predicted molar refractivity (Wildman–Crippen MR) is 129 cm³/mol. The Morgan fingerprint density at radius 2 is 2.17 bits per heavy atom. The molecule has 2 aromatic heterocycles. The molecule has 0 spiro atoms. The lowest BCUT2D eigenvalue weighted by atomic mass is 9.97. The number of carbonyl (C=O) groups excluding carboxylic acids is 1. The van der Waals surface area contributed by atoms with E-state index in [0.717, 1.165) is 17.9 Å². The van der Waals surface area contributed by atoms with Crippen LogP contribution in [0.15, 0.2) is 72.6 Å². The van der Waals surface area contributed by atoms with Gasteiger partial charge in [0.1, 0.15) is 11.5 Å². The SMILES string of the molecule is Cc1ccc(C(=O)NC2=CC(n3ccnc3)CC(C(F)(F)F)=C2)cc1C#Cc1cnc(/C=C\C=N)[nH]1. The first-order valence-electron chi connectivity index (χ1n) is 10.9. The summed E-state index contributed by atoms with van der Waals surface area (Å²) in [5.74, 6) is 5.94. The molecule has 3 N–H and O–H groups in total. The molecule has 1 atom stereocenters. The molecule has 1 unspecified atom stereocenters. The van der Waals surface area contributed by atoms with Gasteiger partial charge in [0.2, 0.25) is 0 Å². The van der Waals surface area contributed by atoms with Crippen LogP contribution in [0.3, 0.4) is 0 Å². The van der Waals surface area contributed by atoms with E-state index in [1.807, 2.05) is 6.92 Å². The van der Waals surface area contributed by atoms with Gasteiger partial charge in [-0.25, -0.2) is 9.97 Å². The Morgan fingerprint density at radius 1 is 1.33 bits per heavy atom. The number of rotatable bonds is 5. The minimum atomic E-state index is -4.52. The number of allylic oxidation sites excluding steroid dienone is 4. The molecule has 1 amide bonds. The number of carbonyl (C=O) groups is 1. The molecule has 36 heavy (non-hydrogen) atoms. The van der Waals surface area contributed by atoms with Gasteiger partial charge >= 0.3 is 6.18 Å². The average molecular weight is 490 g/mol. The number of halogens is 3. The highest BCUT2D eigenvalue weighted by Crippen LogP contribution is 2.36. The molecule has 10 heteroatoms. The summed E-state index contributed by atoms with van der Waals surface area (Å²) in [6.07, 6.45) is 8.12. The summed E-state index contributed by atoms with van der Waals surface area (Å²) in [4.78, 5) is 24.0. The average Bonchev–Trinajstić information content (AvgIpc) is 3.54. The van der Waals surface area contributed by atoms with Gasteiger partial charge < -0.3 is 20.3 Å². The summed E-state index contributed by atoms with van der Waals surface area (Å²) in [5.41, 5.74) is 1.57. The lowest BCUT2D eigenvalue weighted by molar-refractivity contribution is -0.0950. The smallest absolute Gasteiger partial charge is 0.332 e. The van der Waals surface area contributed by atoms with Gasteiger partial charge in [0.05, 0.1) is 18.6 Å². The Bertz CT molecular complexity index is 1430. The summed E-state index contributed by atoms with van der Waals surface area (Å²) >= 11 is 0. The molecule has 0 bridgehead atoms. The second-order valence-electron chi connectivity index (χ2n) is 8.01. The van der Waals surface area contributed by atoms with E-state index in [9.17, 15) is 18.0 Å². The molecule has 4 rings (SSSR count). The highest BCUT2D eigenvalue weighted by atomic mass is 19.4. The number of hydrogen-bond acceptors (Lipinski definition) is 4. The molecular weight excluding hydrogens is 469 g/mol. The molecule has 3 aromatic rings. The number of hydrogen-bond donors (Lipinski definition) is 3. The van der Waals surface area contributed by atoms with Crippen LogP contribution in [0.25, 0.3) is 6.08 Å². The highest BCUT2D eigenvalue weighted by molar-refractivity contribution is 5.96. The number of benzene rings is 1. The van der Waals surface area contributed by atoms with Crippen molar-refractivity contribution in [2.24, 2.45) is 0 Å². The first-order chi connectivity index (χ1) is 17.2. The van der Waals surface area contributed by atoms with Crippen molar-refractivity contribution in [3.8, 4) is 11.8 Å². The molecule has 7 nitrogen and oxygen atoms in total. The van der Waals surface area contributed by atoms with Crippen LogP contribution in [0.1, 0.15) is 45.5 Å². The maximum atomic E-state index is 13.5. The third-order valence-electron chi connectivity index (χ3n) is 5.44. The minimum Gasteiger partial charge on any atom is -0.332 e. The van der Waals surface area contributed by atoms with Crippen molar-refractivity contribution in [1.82, 2.24) is 24.8 Å². The standard InChI is InChI=1S/C26H21F3N6O/c1-17-4-5-19(11-18(17)6-7-21-15-32-24(33-21)3-2-8-30)25(36)34-22-12-20(26(27,28)29)13-23(14-22)35-10-9-31-16-35/h2-5,8-12,14-16,23,30H,13H2,1H3,(H,32,33)(H,34,36)/b3-2-,30-8?. The molecule has 0 aliphatic heterocycles. The lowest BCUT2D eigenvalue weighted by Crippen LogP contribution is -2.27. The fraction of sp³-hybridized carbons (Fsp3) is 0.154. The summed E-state index contributed by atoms with van der Waals surface area (Å²) in [5, 5.41) is 9.61. The van der Waals surface area contributed by atoms with Gasteiger partial charge in [-0.05, 0) is 54.8 Å². The van der Waals surface area contributed by atoms with E-state index in [4.69, 9.17) is 5.41 Å². The maximum Gasteiger partial charge on any atom is 0.412 e. The van der Waals surface area contributed by atoms with E-state index in [2.05, 4.69) is 32.1 Å². The molecular formula is C26H21F3N6O. The van der Waals surface area contributed by atoms with E-state index in [-0.39, 0.29) is 17.7 Å². The summed E-state index contributed by atoms with van der Waals surface area (Å²) < 4.78 is 42.1. The van der Waals surface area contributed by atoms with Crippen LogP contribution in [-0.2, 0) is 0 Å². The first kappa shape index (κ1) is 24.5. The quantitative estimate of drug-likeness (QED) is 0.356. The second kappa shape index (κ2) is 10.3. The number of alkyl halides is 3. The van der Waals surface area contributed by atoms with Crippen molar-refractivity contribution in [3.05, 3.63) is 101 Å². The number of H-pyrrole nitrogens is 1. The molecule has 2 heterocycles. The molecule has 1 aliphatic carbocycles. The molecule has 0 radical (unpaired) electrons. The third kappa shape index (κ3) is 5.88. The normalized spacial score (nSPS) is 15.6. The first-order valence-corrected chi connectivity index (χ1v) is 10.9. The van der Waals surface area contributed by atoms with E-state index in [1.54, 1.807) is 47.3 Å². The van der Waals surface area contributed by atoms with Gasteiger partial charge in [-0.1, -0.05) is 12.0 Å².